The van der Waals surface area contributed by atoms with E-state index in [2.05, 4.69) is 5.32 Å². The van der Waals surface area contributed by atoms with Gasteiger partial charge < -0.3 is 5.32 Å². The Labute approximate surface area is 132 Å². The molecule has 0 aliphatic carbocycles. The van der Waals surface area contributed by atoms with E-state index in [1.807, 2.05) is 6.92 Å². The predicted molar refractivity (Wildman–Crippen MR) is 85.0 cm³/mol. The van der Waals surface area contributed by atoms with Crippen LogP contribution in [-0.4, -0.2) is 12.3 Å². The maximum Gasteiger partial charge on any atom is 0.136 e. The van der Waals surface area contributed by atoms with Crippen LogP contribution in [0.1, 0.15) is 18.5 Å². The van der Waals surface area contributed by atoms with Crippen molar-refractivity contribution in [2.75, 3.05) is 12.3 Å². The second kappa shape index (κ2) is 7.78. The van der Waals surface area contributed by atoms with Gasteiger partial charge >= 0.3 is 0 Å². The van der Waals surface area contributed by atoms with E-state index in [-0.39, 0.29) is 17.7 Å². The quantitative estimate of drug-likeness (QED) is 0.744. The Kier molecular flexibility index (Phi) is 6.03. The van der Waals surface area contributed by atoms with Gasteiger partial charge in [0, 0.05) is 27.3 Å². The zero-order valence-electron chi connectivity index (χ0n) is 11.6. The Bertz CT molecular complexity index is 607. The summed E-state index contributed by atoms with van der Waals surface area (Å²) < 4.78 is 27.6. The molecule has 0 aliphatic heterocycles. The number of hydrogen-bond acceptors (Lipinski definition) is 2. The van der Waals surface area contributed by atoms with Crippen LogP contribution in [0, 0.1) is 11.6 Å². The molecule has 0 radical (unpaired) electrons. The number of benzene rings is 2. The molecule has 0 aromatic heterocycles. The summed E-state index contributed by atoms with van der Waals surface area (Å²) in [5, 5.41) is 3.59. The molecule has 0 aliphatic rings. The van der Waals surface area contributed by atoms with E-state index in [1.54, 1.807) is 30.3 Å². The highest BCUT2D eigenvalue weighted by Crippen LogP contribution is 2.28. The number of hydrogen-bond donors (Lipinski definition) is 1. The summed E-state index contributed by atoms with van der Waals surface area (Å²) in [6.45, 7) is 2.65. The highest BCUT2D eigenvalue weighted by molar-refractivity contribution is 7.99. The van der Waals surface area contributed by atoms with Gasteiger partial charge in [-0.3, -0.25) is 0 Å². The Morgan fingerprint density at radius 3 is 2.57 bits per heavy atom. The first-order chi connectivity index (χ1) is 10.1. The highest BCUT2D eigenvalue weighted by Gasteiger charge is 2.16. The molecule has 0 saturated heterocycles. The Balaban J connectivity index is 2.14. The molecule has 0 heterocycles. The fraction of sp³-hybridized carbons (Fsp3) is 0.250. The summed E-state index contributed by atoms with van der Waals surface area (Å²) in [6.07, 6.45) is 0. The van der Waals surface area contributed by atoms with Crippen LogP contribution in [0.3, 0.4) is 0 Å². The average Bonchev–Trinajstić information content (AvgIpc) is 2.45. The number of nitrogens with one attached hydrogen (secondary N) is 1. The van der Waals surface area contributed by atoms with Gasteiger partial charge in [0.2, 0.25) is 0 Å². The summed E-state index contributed by atoms with van der Waals surface area (Å²) in [6, 6.07) is 11.0. The van der Waals surface area contributed by atoms with Crippen LogP contribution in [-0.2, 0) is 0 Å². The van der Waals surface area contributed by atoms with E-state index in [9.17, 15) is 8.78 Å². The van der Waals surface area contributed by atoms with E-state index >= 15 is 0 Å². The fourth-order valence-electron chi connectivity index (χ4n) is 2.02. The van der Waals surface area contributed by atoms with Crippen molar-refractivity contribution in [2.45, 2.75) is 17.9 Å². The smallest absolute Gasteiger partial charge is 0.136 e. The van der Waals surface area contributed by atoms with Crippen LogP contribution in [0.15, 0.2) is 47.4 Å². The molecule has 2 rings (SSSR count). The zero-order valence-corrected chi connectivity index (χ0v) is 13.1. The minimum absolute atomic E-state index is 0.197. The molecule has 0 spiro atoms. The lowest BCUT2D eigenvalue weighted by atomic mass is 10.1. The van der Waals surface area contributed by atoms with Gasteiger partial charge in [0.05, 0.1) is 0 Å². The van der Waals surface area contributed by atoms with Crippen LogP contribution >= 0.6 is 23.4 Å². The average molecular weight is 328 g/mol. The fourth-order valence-corrected chi connectivity index (χ4v) is 3.21. The number of thioether (sulfide) groups is 1. The standard InChI is InChI=1S/C16H16ClF2NS/c1-2-20-15(12-8-7-11(17)9-14(12)19)10-21-16-6-4-3-5-13(16)18/h3-9,15,20H,2,10H2,1H3. The molecule has 1 unspecified atom stereocenters. The minimum atomic E-state index is -0.345. The molecule has 112 valence electrons. The first-order valence-corrected chi connectivity index (χ1v) is 8.03. The van der Waals surface area contributed by atoms with Crippen molar-refractivity contribution in [2.24, 2.45) is 0 Å². The van der Waals surface area contributed by atoms with Crippen molar-refractivity contribution in [3.8, 4) is 0 Å². The Morgan fingerprint density at radius 2 is 1.90 bits per heavy atom. The molecule has 1 nitrogen and oxygen atoms in total. The first kappa shape index (κ1) is 16.3. The van der Waals surface area contributed by atoms with Crippen LogP contribution in [0.25, 0.3) is 0 Å². The van der Waals surface area contributed by atoms with Gasteiger partial charge in [-0.25, -0.2) is 8.78 Å². The largest absolute Gasteiger partial charge is 0.309 e. The van der Waals surface area contributed by atoms with Gasteiger partial charge in [-0.2, -0.15) is 0 Å². The predicted octanol–water partition coefficient (Wildman–Crippen LogP) is 5.06. The maximum atomic E-state index is 14.0. The van der Waals surface area contributed by atoms with Gasteiger partial charge in [-0.05, 0) is 30.8 Å². The molecule has 5 heteroatoms. The van der Waals surface area contributed by atoms with Crippen LogP contribution in [0.5, 0.6) is 0 Å². The number of rotatable bonds is 6. The lowest BCUT2D eigenvalue weighted by Gasteiger charge is -2.19. The molecule has 1 atom stereocenters. The van der Waals surface area contributed by atoms with E-state index in [0.29, 0.717) is 27.8 Å². The van der Waals surface area contributed by atoms with Crippen molar-refractivity contribution >= 4 is 23.4 Å². The summed E-state index contributed by atoms with van der Waals surface area (Å²) in [5.41, 5.74) is 0.546. The summed E-state index contributed by atoms with van der Waals surface area (Å²) >= 11 is 7.14. The third-order valence-corrected chi connectivity index (χ3v) is 4.41. The Hall–Kier alpha value is -1.10. The molecular weight excluding hydrogens is 312 g/mol. The first-order valence-electron chi connectivity index (χ1n) is 6.67. The lowest BCUT2D eigenvalue weighted by molar-refractivity contribution is 0.545. The van der Waals surface area contributed by atoms with Crippen molar-refractivity contribution in [1.29, 1.82) is 0 Å². The van der Waals surface area contributed by atoms with Crippen molar-refractivity contribution in [3.05, 3.63) is 64.7 Å². The SMILES string of the molecule is CCNC(CSc1ccccc1F)c1ccc(Cl)cc1F. The van der Waals surface area contributed by atoms with E-state index in [4.69, 9.17) is 11.6 Å². The van der Waals surface area contributed by atoms with Crippen LogP contribution < -0.4 is 5.32 Å². The van der Waals surface area contributed by atoms with Crippen molar-refractivity contribution in [3.63, 3.8) is 0 Å². The summed E-state index contributed by atoms with van der Waals surface area (Å²) in [5.74, 6) is -0.0650. The highest BCUT2D eigenvalue weighted by atomic mass is 35.5. The van der Waals surface area contributed by atoms with E-state index in [1.165, 1.54) is 23.9 Å². The van der Waals surface area contributed by atoms with E-state index in [0.717, 1.165) is 0 Å². The van der Waals surface area contributed by atoms with Crippen LogP contribution in [0.2, 0.25) is 5.02 Å². The topological polar surface area (TPSA) is 12.0 Å². The molecule has 21 heavy (non-hydrogen) atoms. The molecular formula is C16H16ClF2NS. The molecule has 2 aromatic carbocycles. The second-order valence-electron chi connectivity index (χ2n) is 4.52. The Morgan fingerprint density at radius 1 is 1.14 bits per heavy atom. The van der Waals surface area contributed by atoms with E-state index < -0.39 is 0 Å². The van der Waals surface area contributed by atoms with Crippen molar-refractivity contribution < 1.29 is 8.78 Å². The summed E-state index contributed by atoms with van der Waals surface area (Å²) in [4.78, 5) is 0.565. The van der Waals surface area contributed by atoms with Crippen LogP contribution in [0.4, 0.5) is 8.78 Å². The second-order valence-corrected chi connectivity index (χ2v) is 6.02. The zero-order chi connectivity index (χ0) is 15.2. The maximum absolute atomic E-state index is 14.0. The van der Waals surface area contributed by atoms with Gasteiger partial charge in [0.15, 0.2) is 0 Å². The lowest BCUT2D eigenvalue weighted by Crippen LogP contribution is -2.24. The van der Waals surface area contributed by atoms with Gasteiger partial charge in [0.1, 0.15) is 11.6 Å². The third-order valence-electron chi connectivity index (χ3n) is 3.03. The monoisotopic (exact) mass is 327 g/mol. The van der Waals surface area contributed by atoms with Gasteiger partial charge in [0.25, 0.3) is 0 Å². The van der Waals surface area contributed by atoms with Crippen molar-refractivity contribution in [1.82, 2.24) is 5.32 Å². The molecule has 0 fully saturated rings. The summed E-state index contributed by atoms with van der Waals surface area (Å²) in [7, 11) is 0. The molecule has 0 saturated carbocycles. The minimum Gasteiger partial charge on any atom is -0.309 e. The normalized spacial score (nSPS) is 12.4. The third kappa shape index (κ3) is 4.43. The molecule has 0 bridgehead atoms. The van der Waals surface area contributed by atoms with Gasteiger partial charge in [-0.1, -0.05) is 36.7 Å². The molecule has 1 N–H and O–H groups in total. The van der Waals surface area contributed by atoms with Gasteiger partial charge in [-0.15, -0.1) is 11.8 Å². The molecule has 2 aromatic rings. The molecule has 0 amide bonds. The number of halogens is 3.